The molecule has 5 heteroatoms. The van der Waals surface area contributed by atoms with E-state index >= 15 is 0 Å². The van der Waals surface area contributed by atoms with Crippen molar-refractivity contribution in [3.8, 4) is 6.07 Å². The number of carbonyl (C=O) groups excluding carboxylic acids is 2. The van der Waals surface area contributed by atoms with Crippen LogP contribution in [0.4, 0.5) is 0 Å². The molecule has 0 saturated carbocycles. The lowest BCUT2D eigenvalue weighted by molar-refractivity contribution is -0.149. The van der Waals surface area contributed by atoms with Crippen LogP contribution >= 0.6 is 0 Å². The highest BCUT2D eigenvalue weighted by atomic mass is 16.5. The van der Waals surface area contributed by atoms with Gasteiger partial charge >= 0.3 is 5.97 Å². The normalized spacial score (nSPS) is 15.0. The second-order valence-corrected chi connectivity index (χ2v) is 5.60. The summed E-state index contributed by atoms with van der Waals surface area (Å²) >= 11 is 0. The third-order valence-electron chi connectivity index (χ3n) is 3.76. The van der Waals surface area contributed by atoms with Gasteiger partial charge < -0.3 is 9.64 Å². The number of nitriles is 1. The molecule has 0 N–H and O–H groups in total. The van der Waals surface area contributed by atoms with Gasteiger partial charge in [0.25, 0.3) is 5.91 Å². The summed E-state index contributed by atoms with van der Waals surface area (Å²) in [5.74, 6) is -0.968. The van der Waals surface area contributed by atoms with Crippen molar-refractivity contribution in [2.45, 2.75) is 26.2 Å². The molecule has 1 aromatic carbocycles. The first kappa shape index (κ1) is 16.8. The van der Waals surface area contributed by atoms with E-state index in [2.05, 4.69) is 0 Å². The average Bonchev–Trinajstić information content (AvgIpc) is 2.59. The summed E-state index contributed by atoms with van der Waals surface area (Å²) in [5, 5.41) is 9.11. The van der Waals surface area contributed by atoms with E-state index in [0.717, 1.165) is 30.4 Å². The van der Waals surface area contributed by atoms with E-state index in [0.29, 0.717) is 13.1 Å². The van der Waals surface area contributed by atoms with Crippen molar-refractivity contribution in [2.75, 3.05) is 19.7 Å². The average molecular weight is 312 g/mol. The van der Waals surface area contributed by atoms with Crippen molar-refractivity contribution in [1.29, 1.82) is 5.26 Å². The summed E-state index contributed by atoms with van der Waals surface area (Å²) in [6.45, 7) is 3.06. The molecule has 1 saturated heterocycles. The van der Waals surface area contributed by atoms with Crippen molar-refractivity contribution in [1.82, 2.24) is 4.90 Å². The Morgan fingerprint density at radius 3 is 2.48 bits per heavy atom. The fourth-order valence-corrected chi connectivity index (χ4v) is 2.41. The predicted molar refractivity (Wildman–Crippen MR) is 86.2 cm³/mol. The molecule has 1 amide bonds. The smallest absolute Gasteiger partial charge is 0.349 e. The number of rotatable bonds is 4. The van der Waals surface area contributed by atoms with Crippen LogP contribution in [-0.2, 0) is 14.3 Å². The summed E-state index contributed by atoms with van der Waals surface area (Å²) in [7, 11) is 0. The van der Waals surface area contributed by atoms with E-state index in [1.165, 1.54) is 6.08 Å². The van der Waals surface area contributed by atoms with Gasteiger partial charge in [-0.3, -0.25) is 4.79 Å². The van der Waals surface area contributed by atoms with Crippen molar-refractivity contribution >= 4 is 18.0 Å². The van der Waals surface area contributed by atoms with Gasteiger partial charge in [0, 0.05) is 13.1 Å². The Labute approximate surface area is 136 Å². The zero-order chi connectivity index (χ0) is 16.7. The number of hydrogen-bond acceptors (Lipinski definition) is 4. The zero-order valence-corrected chi connectivity index (χ0v) is 13.2. The van der Waals surface area contributed by atoms with Crippen LogP contribution < -0.4 is 0 Å². The second-order valence-electron chi connectivity index (χ2n) is 5.60. The molecule has 1 aliphatic heterocycles. The van der Waals surface area contributed by atoms with Gasteiger partial charge in [0.2, 0.25) is 0 Å². The lowest BCUT2D eigenvalue weighted by atomic mass is 10.1. The van der Waals surface area contributed by atoms with Gasteiger partial charge in [-0.25, -0.2) is 4.79 Å². The van der Waals surface area contributed by atoms with Gasteiger partial charge in [0.1, 0.15) is 11.6 Å². The predicted octanol–water partition coefficient (Wildman–Crippen LogP) is 2.46. The number of benzene rings is 1. The van der Waals surface area contributed by atoms with Crippen molar-refractivity contribution < 1.29 is 14.3 Å². The van der Waals surface area contributed by atoms with Crippen LogP contribution in [0.15, 0.2) is 29.8 Å². The van der Waals surface area contributed by atoms with E-state index in [1.54, 1.807) is 4.90 Å². The molecule has 0 spiro atoms. The van der Waals surface area contributed by atoms with E-state index in [1.807, 2.05) is 37.3 Å². The Balaban J connectivity index is 1.93. The Morgan fingerprint density at radius 2 is 1.87 bits per heavy atom. The van der Waals surface area contributed by atoms with Gasteiger partial charge in [-0.05, 0) is 37.8 Å². The number of ether oxygens (including phenoxy) is 1. The molecule has 2 rings (SSSR count). The molecule has 0 unspecified atom stereocenters. The molecule has 1 heterocycles. The van der Waals surface area contributed by atoms with Crippen LogP contribution in [0.3, 0.4) is 0 Å². The van der Waals surface area contributed by atoms with Gasteiger partial charge in [-0.15, -0.1) is 0 Å². The number of nitrogens with zero attached hydrogens (tertiary/aromatic N) is 2. The maximum absolute atomic E-state index is 12.0. The first-order valence-corrected chi connectivity index (χ1v) is 7.73. The molecule has 0 radical (unpaired) electrons. The van der Waals surface area contributed by atoms with E-state index in [-0.39, 0.29) is 18.1 Å². The largest absolute Gasteiger partial charge is 0.451 e. The SMILES string of the molecule is Cc1ccc(/C=C(\C#N)C(=O)OCC(=O)N2CCCCC2)cc1. The number of aryl methyl sites for hydroxylation is 1. The van der Waals surface area contributed by atoms with E-state index < -0.39 is 5.97 Å². The van der Waals surface area contributed by atoms with Gasteiger partial charge in [0.15, 0.2) is 6.61 Å². The molecule has 1 fully saturated rings. The monoisotopic (exact) mass is 312 g/mol. The lowest BCUT2D eigenvalue weighted by Crippen LogP contribution is -2.38. The molecule has 0 aromatic heterocycles. The molecular formula is C18H20N2O3. The molecule has 0 bridgehead atoms. The van der Waals surface area contributed by atoms with Gasteiger partial charge in [0.05, 0.1) is 0 Å². The number of piperidine rings is 1. The quantitative estimate of drug-likeness (QED) is 0.486. The standard InChI is InChI=1S/C18H20N2O3/c1-14-5-7-15(8-6-14)11-16(12-19)18(22)23-13-17(21)20-9-3-2-4-10-20/h5-8,11H,2-4,9-10,13H2,1H3/b16-11+. The van der Waals surface area contributed by atoms with Crippen LogP contribution in [0.2, 0.25) is 0 Å². The Morgan fingerprint density at radius 1 is 1.22 bits per heavy atom. The molecular weight excluding hydrogens is 292 g/mol. The molecule has 5 nitrogen and oxygen atoms in total. The summed E-state index contributed by atoms with van der Waals surface area (Å²) in [5.41, 5.74) is 1.72. The Bertz CT molecular complexity index is 635. The fraction of sp³-hybridized carbons (Fsp3) is 0.389. The first-order valence-electron chi connectivity index (χ1n) is 7.73. The fourth-order valence-electron chi connectivity index (χ4n) is 2.41. The third-order valence-corrected chi connectivity index (χ3v) is 3.76. The van der Waals surface area contributed by atoms with E-state index in [4.69, 9.17) is 10.00 Å². The minimum atomic E-state index is -0.765. The molecule has 1 aliphatic rings. The number of carbonyl (C=O) groups is 2. The van der Waals surface area contributed by atoms with Crippen molar-refractivity contribution in [3.63, 3.8) is 0 Å². The molecule has 23 heavy (non-hydrogen) atoms. The Kier molecular flexibility index (Phi) is 5.93. The topological polar surface area (TPSA) is 70.4 Å². The highest BCUT2D eigenvalue weighted by Crippen LogP contribution is 2.11. The molecule has 1 aromatic rings. The Hall–Kier alpha value is -2.61. The minimum Gasteiger partial charge on any atom is -0.451 e. The highest BCUT2D eigenvalue weighted by molar-refractivity contribution is 5.98. The van der Waals surface area contributed by atoms with Crippen LogP contribution in [0, 0.1) is 18.3 Å². The van der Waals surface area contributed by atoms with Crippen molar-refractivity contribution in [3.05, 3.63) is 41.0 Å². The molecule has 120 valence electrons. The number of hydrogen-bond donors (Lipinski definition) is 0. The summed E-state index contributed by atoms with van der Waals surface area (Å²) in [6.07, 6.45) is 4.56. The maximum Gasteiger partial charge on any atom is 0.349 e. The van der Waals surface area contributed by atoms with Gasteiger partial charge in [-0.1, -0.05) is 29.8 Å². The summed E-state index contributed by atoms with van der Waals surface area (Å²) < 4.78 is 4.99. The van der Waals surface area contributed by atoms with E-state index in [9.17, 15) is 9.59 Å². The third kappa shape index (κ3) is 4.96. The summed E-state index contributed by atoms with van der Waals surface area (Å²) in [6, 6.07) is 9.26. The lowest BCUT2D eigenvalue weighted by Gasteiger charge is -2.26. The minimum absolute atomic E-state index is 0.111. The van der Waals surface area contributed by atoms with Gasteiger partial charge in [-0.2, -0.15) is 5.26 Å². The molecule has 0 aliphatic carbocycles. The van der Waals surface area contributed by atoms with Crippen LogP contribution in [0.25, 0.3) is 6.08 Å². The second kappa shape index (κ2) is 8.14. The first-order chi connectivity index (χ1) is 11.1. The number of likely N-dealkylation sites (tertiary alicyclic amines) is 1. The number of esters is 1. The van der Waals surface area contributed by atoms with Crippen LogP contribution in [-0.4, -0.2) is 36.5 Å². The van der Waals surface area contributed by atoms with Crippen LogP contribution in [0.1, 0.15) is 30.4 Å². The molecule has 0 atom stereocenters. The maximum atomic E-state index is 12.0. The van der Waals surface area contributed by atoms with Crippen molar-refractivity contribution in [2.24, 2.45) is 0 Å². The number of amides is 1. The highest BCUT2D eigenvalue weighted by Gasteiger charge is 2.19. The zero-order valence-electron chi connectivity index (χ0n) is 13.2. The van der Waals surface area contributed by atoms with Crippen LogP contribution in [0.5, 0.6) is 0 Å². The summed E-state index contributed by atoms with van der Waals surface area (Å²) in [4.78, 5) is 25.6.